The molecule has 0 saturated heterocycles. The highest BCUT2D eigenvalue weighted by Crippen LogP contribution is 2.42. The van der Waals surface area contributed by atoms with Crippen LogP contribution in [0.4, 0.5) is 23.9 Å². The number of benzene rings is 1. The van der Waals surface area contributed by atoms with Gasteiger partial charge < -0.3 is 20.7 Å². The first-order chi connectivity index (χ1) is 15.6. The summed E-state index contributed by atoms with van der Waals surface area (Å²) in [5, 5.41) is 11.7. The second-order valence-electron chi connectivity index (χ2n) is 7.18. The summed E-state index contributed by atoms with van der Waals surface area (Å²) in [4.78, 5) is 22.4. The number of urea groups is 1. The fourth-order valence-electron chi connectivity index (χ4n) is 3.31. The molecule has 1 aliphatic heterocycles. The number of amides is 2. The third-order valence-corrected chi connectivity index (χ3v) is 5.23. The van der Waals surface area contributed by atoms with E-state index in [1.165, 1.54) is 17.0 Å². The number of carbonyl (C=O) groups excluding carboxylic acids is 1. The maximum Gasteiger partial charge on any atom is 0.389 e. The summed E-state index contributed by atoms with van der Waals surface area (Å²) in [7, 11) is 0. The second kappa shape index (κ2) is 10.3. The van der Waals surface area contributed by atoms with Crippen molar-refractivity contribution in [3.05, 3.63) is 33.4 Å². The maximum atomic E-state index is 12.5. The molecule has 2 heterocycles. The van der Waals surface area contributed by atoms with E-state index in [0.29, 0.717) is 22.5 Å². The van der Waals surface area contributed by atoms with Crippen molar-refractivity contribution in [2.75, 3.05) is 18.9 Å². The monoisotopic (exact) mass is 502 g/mol. The largest absolute Gasteiger partial charge is 0.493 e. The van der Waals surface area contributed by atoms with Crippen molar-refractivity contribution in [2.45, 2.75) is 38.5 Å². The lowest BCUT2D eigenvalue weighted by atomic mass is 10.0. The number of hydrogen-bond acceptors (Lipinski definition) is 6. The number of nitrogen functional groups attached to an aromatic ring is 1. The van der Waals surface area contributed by atoms with Crippen molar-refractivity contribution in [2.24, 2.45) is 0 Å². The number of hydrogen-bond donors (Lipinski definition) is 2. The van der Waals surface area contributed by atoms with E-state index >= 15 is 0 Å². The van der Waals surface area contributed by atoms with Gasteiger partial charge in [-0.1, -0.05) is 23.2 Å². The molecule has 0 spiro atoms. The fraction of sp³-hybridized carbons (Fsp3) is 0.400. The van der Waals surface area contributed by atoms with Gasteiger partial charge in [-0.15, -0.1) is 0 Å². The van der Waals surface area contributed by atoms with Crippen molar-refractivity contribution in [3.63, 3.8) is 0 Å². The predicted molar refractivity (Wildman–Crippen MR) is 116 cm³/mol. The van der Waals surface area contributed by atoms with Crippen LogP contribution in [0, 0.1) is 11.3 Å². The van der Waals surface area contributed by atoms with E-state index in [4.69, 9.17) is 38.9 Å². The highest BCUT2D eigenvalue weighted by atomic mass is 35.5. The standard InChI is InChI=1S/C20H19Cl2F3N6O2/c21-11-7-13(22)16(15(8-11)33-6-1-3-20(23,24)25)17-12-9-31(19(32)28-5-2-4-26)10-14(12)29-18(27)30-17/h7-8H,1-3,5-6,9-10H2,(H,28,32)(H2,27,29,30). The number of nitriles is 1. The van der Waals surface area contributed by atoms with Crippen molar-refractivity contribution >= 4 is 35.2 Å². The Kier molecular flexibility index (Phi) is 7.71. The molecule has 0 unspecified atom stereocenters. The number of ether oxygens (including phenoxy) is 1. The van der Waals surface area contributed by atoms with E-state index in [1.54, 1.807) is 0 Å². The third kappa shape index (κ3) is 6.30. The van der Waals surface area contributed by atoms with Gasteiger partial charge in [0.1, 0.15) is 5.75 Å². The van der Waals surface area contributed by atoms with Gasteiger partial charge in [0.2, 0.25) is 5.95 Å². The van der Waals surface area contributed by atoms with Crippen LogP contribution in [0.3, 0.4) is 0 Å². The first-order valence-electron chi connectivity index (χ1n) is 9.83. The van der Waals surface area contributed by atoms with Crippen molar-refractivity contribution in [1.29, 1.82) is 5.26 Å². The number of fused-ring (bicyclic) bond motifs is 1. The number of anilines is 1. The minimum atomic E-state index is -4.29. The number of nitrogens with zero attached hydrogens (tertiary/aromatic N) is 4. The van der Waals surface area contributed by atoms with Crippen LogP contribution in [-0.2, 0) is 13.1 Å². The zero-order valence-electron chi connectivity index (χ0n) is 17.2. The Balaban J connectivity index is 1.90. The van der Waals surface area contributed by atoms with Crippen LogP contribution in [0.25, 0.3) is 11.3 Å². The van der Waals surface area contributed by atoms with Crippen LogP contribution < -0.4 is 15.8 Å². The molecule has 8 nitrogen and oxygen atoms in total. The molecule has 0 atom stereocenters. The van der Waals surface area contributed by atoms with Gasteiger partial charge in [-0.05, 0) is 18.6 Å². The van der Waals surface area contributed by atoms with Crippen LogP contribution in [0.2, 0.25) is 10.0 Å². The summed E-state index contributed by atoms with van der Waals surface area (Å²) in [6.45, 7) is 0.261. The summed E-state index contributed by atoms with van der Waals surface area (Å²) in [5.41, 5.74) is 7.55. The van der Waals surface area contributed by atoms with Gasteiger partial charge >= 0.3 is 12.2 Å². The number of halogens is 5. The lowest BCUT2D eigenvalue weighted by Crippen LogP contribution is -2.36. The number of nitrogens with one attached hydrogen (secondary N) is 1. The fourth-order valence-corrected chi connectivity index (χ4v) is 3.87. The SMILES string of the molecule is N#CCCNC(=O)N1Cc2nc(N)nc(-c3c(Cl)cc(Cl)cc3OCCCC(F)(F)F)c2C1. The Morgan fingerprint density at radius 3 is 2.76 bits per heavy atom. The molecule has 2 amide bonds. The van der Waals surface area contributed by atoms with Gasteiger partial charge in [-0.3, -0.25) is 0 Å². The van der Waals surface area contributed by atoms with Gasteiger partial charge in [0.25, 0.3) is 0 Å². The molecule has 2 aromatic rings. The zero-order valence-corrected chi connectivity index (χ0v) is 18.7. The number of nitrogens with two attached hydrogens (primary N) is 1. The molecular weight excluding hydrogens is 484 g/mol. The van der Waals surface area contributed by atoms with E-state index < -0.39 is 18.6 Å². The second-order valence-corrected chi connectivity index (χ2v) is 8.02. The van der Waals surface area contributed by atoms with Crippen LogP contribution in [-0.4, -0.2) is 40.2 Å². The molecule has 1 aromatic carbocycles. The third-order valence-electron chi connectivity index (χ3n) is 4.72. The zero-order chi connectivity index (χ0) is 24.2. The lowest BCUT2D eigenvalue weighted by Gasteiger charge is -2.17. The van der Waals surface area contributed by atoms with Gasteiger partial charge in [0.15, 0.2) is 0 Å². The van der Waals surface area contributed by atoms with Crippen LogP contribution in [0.15, 0.2) is 12.1 Å². The molecular formula is C20H19Cl2F3N6O2. The first-order valence-corrected chi connectivity index (χ1v) is 10.6. The normalized spacial score (nSPS) is 12.9. The summed E-state index contributed by atoms with van der Waals surface area (Å²) in [6.07, 6.45) is -5.38. The Hall–Kier alpha value is -2.97. The highest BCUT2D eigenvalue weighted by molar-refractivity contribution is 6.37. The minimum absolute atomic E-state index is 0.0653. The molecule has 3 N–H and O–H groups in total. The van der Waals surface area contributed by atoms with E-state index in [9.17, 15) is 18.0 Å². The topological polar surface area (TPSA) is 117 Å². The molecule has 1 aliphatic rings. The van der Waals surface area contributed by atoms with E-state index in [1.807, 2.05) is 6.07 Å². The number of carbonyl (C=O) groups is 1. The Bertz CT molecular complexity index is 1090. The molecule has 0 fully saturated rings. The summed E-state index contributed by atoms with van der Waals surface area (Å²) < 4.78 is 43.0. The molecule has 0 saturated carbocycles. The van der Waals surface area contributed by atoms with Crippen LogP contribution in [0.5, 0.6) is 5.75 Å². The number of aromatic nitrogens is 2. The highest BCUT2D eigenvalue weighted by Gasteiger charge is 2.31. The van der Waals surface area contributed by atoms with E-state index in [0.717, 1.165) is 0 Å². The Labute approximate surface area is 197 Å². The van der Waals surface area contributed by atoms with Gasteiger partial charge in [-0.2, -0.15) is 18.4 Å². The first kappa shape index (κ1) is 24.7. The average molecular weight is 503 g/mol. The van der Waals surface area contributed by atoms with Crippen molar-refractivity contribution < 1.29 is 22.7 Å². The van der Waals surface area contributed by atoms with Crippen molar-refractivity contribution in [3.8, 4) is 23.1 Å². The van der Waals surface area contributed by atoms with Crippen LogP contribution >= 0.6 is 23.2 Å². The van der Waals surface area contributed by atoms with Crippen LogP contribution in [0.1, 0.15) is 30.5 Å². The number of alkyl halides is 3. The summed E-state index contributed by atoms with van der Waals surface area (Å²) in [5.74, 6) is 0.0800. The minimum Gasteiger partial charge on any atom is -0.493 e. The Morgan fingerprint density at radius 2 is 2.06 bits per heavy atom. The summed E-state index contributed by atoms with van der Waals surface area (Å²) >= 11 is 12.5. The molecule has 13 heteroatoms. The van der Waals surface area contributed by atoms with Gasteiger partial charge in [0, 0.05) is 23.6 Å². The molecule has 0 radical (unpaired) electrons. The molecule has 3 rings (SSSR count). The predicted octanol–water partition coefficient (Wildman–Crippen LogP) is 4.69. The average Bonchev–Trinajstić information content (AvgIpc) is 3.14. The van der Waals surface area contributed by atoms with Gasteiger partial charge in [0.05, 0.1) is 54.2 Å². The van der Waals surface area contributed by atoms with Gasteiger partial charge in [-0.25, -0.2) is 14.8 Å². The Morgan fingerprint density at radius 1 is 1.30 bits per heavy atom. The quantitative estimate of drug-likeness (QED) is 0.530. The lowest BCUT2D eigenvalue weighted by molar-refractivity contribution is -0.136. The molecule has 33 heavy (non-hydrogen) atoms. The molecule has 1 aromatic heterocycles. The maximum absolute atomic E-state index is 12.5. The molecule has 0 aliphatic carbocycles. The van der Waals surface area contributed by atoms with Crippen molar-refractivity contribution in [1.82, 2.24) is 20.2 Å². The number of rotatable bonds is 7. The summed E-state index contributed by atoms with van der Waals surface area (Å²) in [6, 6.07) is 4.44. The smallest absolute Gasteiger partial charge is 0.389 e. The van der Waals surface area contributed by atoms with E-state index in [-0.39, 0.29) is 60.8 Å². The molecule has 176 valence electrons. The van der Waals surface area contributed by atoms with E-state index in [2.05, 4.69) is 15.3 Å². The molecule has 0 bridgehead atoms.